The highest BCUT2D eigenvalue weighted by Crippen LogP contribution is 2.42. The average Bonchev–Trinajstić information content (AvgIpc) is 3.88. The molecule has 0 saturated carbocycles. The quantitative estimate of drug-likeness (QED) is 0.157. The fourth-order valence-corrected chi connectivity index (χ4v) is 10.1. The molecule has 0 bridgehead atoms. The van der Waals surface area contributed by atoms with Crippen molar-refractivity contribution in [1.82, 2.24) is 0 Å². The van der Waals surface area contributed by atoms with E-state index in [2.05, 4.69) is 211 Å². The molecule has 2 nitrogen and oxygen atoms in total. The van der Waals surface area contributed by atoms with Crippen LogP contribution in [0.4, 0.5) is 17.1 Å². The second kappa shape index (κ2) is 13.6. The lowest BCUT2D eigenvalue weighted by atomic mass is 9.99. The number of anilines is 3. The number of furan rings is 1. The SMILES string of the molecule is c1ccc(-c2cccc3c2oc2ccc(-c4ccc(N(c5ccc(-c6ccc7c(c6)sc6ccccc67)cc5)c5ccc6ccc7ccccc7c6c5)cc4)cc23)cc1. The Hall–Kier alpha value is -7.46. The Kier molecular flexibility index (Phi) is 7.75. The van der Waals surface area contributed by atoms with Gasteiger partial charge in [0.15, 0.2) is 0 Å². The standard InChI is InChI=1S/C56H35NOS/c1-2-9-38(10-3-1)47-14-8-15-50-52-33-41(25-32-53(52)58-56(47)50)36-19-26-43(27-20-36)57(45-30-23-40-18-17-39-11-4-5-12-46(39)51(40)35-45)44-28-21-37(22-29-44)42-24-31-49-48-13-6-7-16-54(48)59-55(49)34-42/h1-35H. The van der Waals surface area contributed by atoms with Gasteiger partial charge in [0.1, 0.15) is 11.2 Å². The molecule has 0 amide bonds. The zero-order chi connectivity index (χ0) is 38.9. The van der Waals surface area contributed by atoms with Crippen molar-refractivity contribution < 1.29 is 4.42 Å². The van der Waals surface area contributed by atoms with E-state index < -0.39 is 0 Å². The van der Waals surface area contributed by atoms with Gasteiger partial charge in [-0.3, -0.25) is 0 Å². The number of hydrogen-bond acceptors (Lipinski definition) is 3. The van der Waals surface area contributed by atoms with E-state index in [4.69, 9.17) is 4.42 Å². The van der Waals surface area contributed by atoms with E-state index in [0.29, 0.717) is 0 Å². The molecule has 0 fully saturated rings. The summed E-state index contributed by atoms with van der Waals surface area (Å²) in [5, 5.41) is 9.86. The lowest BCUT2D eigenvalue weighted by Crippen LogP contribution is -2.09. The third kappa shape index (κ3) is 5.70. The molecular formula is C56H35NOS. The molecule has 10 aromatic carbocycles. The molecule has 0 saturated heterocycles. The van der Waals surface area contributed by atoms with E-state index in [1.165, 1.54) is 52.8 Å². The van der Waals surface area contributed by atoms with Gasteiger partial charge in [0.2, 0.25) is 0 Å². The van der Waals surface area contributed by atoms with Gasteiger partial charge < -0.3 is 9.32 Å². The van der Waals surface area contributed by atoms with Crippen molar-refractivity contribution in [3.8, 4) is 33.4 Å². The number of benzene rings is 10. The minimum absolute atomic E-state index is 0.894. The first kappa shape index (κ1) is 33.7. The summed E-state index contributed by atoms with van der Waals surface area (Å²) in [7, 11) is 0. The van der Waals surface area contributed by atoms with Gasteiger partial charge in [0, 0.05) is 53.6 Å². The summed E-state index contributed by atoms with van der Waals surface area (Å²) in [5.74, 6) is 0. The molecule has 276 valence electrons. The van der Waals surface area contributed by atoms with Crippen LogP contribution in [0.5, 0.6) is 0 Å². The van der Waals surface area contributed by atoms with Crippen LogP contribution in [0.1, 0.15) is 0 Å². The monoisotopic (exact) mass is 769 g/mol. The molecule has 12 rings (SSSR count). The molecule has 0 aliphatic rings. The number of fused-ring (bicyclic) bond motifs is 9. The van der Waals surface area contributed by atoms with E-state index in [-0.39, 0.29) is 0 Å². The predicted octanol–water partition coefficient (Wildman–Crippen LogP) is 16.7. The van der Waals surface area contributed by atoms with Gasteiger partial charge in [0.05, 0.1) is 0 Å². The summed E-state index contributed by atoms with van der Waals surface area (Å²) in [6, 6.07) is 77.0. The third-order valence-electron chi connectivity index (χ3n) is 11.9. The largest absolute Gasteiger partial charge is 0.455 e. The Bertz CT molecular complexity index is 3540. The van der Waals surface area contributed by atoms with Crippen molar-refractivity contribution >= 4 is 92.1 Å². The predicted molar refractivity (Wildman–Crippen MR) is 253 cm³/mol. The van der Waals surface area contributed by atoms with Gasteiger partial charge in [-0.1, -0.05) is 152 Å². The first-order valence-electron chi connectivity index (χ1n) is 20.1. The molecule has 0 aliphatic carbocycles. The average molecular weight is 770 g/mol. The van der Waals surface area contributed by atoms with Crippen LogP contribution in [0.3, 0.4) is 0 Å². The van der Waals surface area contributed by atoms with E-state index >= 15 is 0 Å². The Morgan fingerprint density at radius 2 is 0.915 bits per heavy atom. The molecule has 2 heterocycles. The zero-order valence-electron chi connectivity index (χ0n) is 32.0. The maximum Gasteiger partial charge on any atom is 0.143 e. The summed E-state index contributed by atoms with van der Waals surface area (Å²) < 4.78 is 9.14. The second-order valence-corrected chi connectivity index (χ2v) is 16.4. The lowest BCUT2D eigenvalue weighted by molar-refractivity contribution is 0.670. The Labute approximate surface area is 345 Å². The van der Waals surface area contributed by atoms with E-state index in [1.807, 2.05) is 17.4 Å². The molecule has 2 aromatic heterocycles. The van der Waals surface area contributed by atoms with Crippen molar-refractivity contribution in [2.45, 2.75) is 0 Å². The minimum atomic E-state index is 0.894. The number of nitrogens with zero attached hydrogens (tertiary/aromatic N) is 1. The van der Waals surface area contributed by atoms with Gasteiger partial charge in [-0.15, -0.1) is 11.3 Å². The fraction of sp³-hybridized carbons (Fsp3) is 0. The molecule has 0 atom stereocenters. The molecule has 59 heavy (non-hydrogen) atoms. The van der Waals surface area contributed by atoms with Gasteiger partial charge >= 0.3 is 0 Å². The zero-order valence-corrected chi connectivity index (χ0v) is 32.8. The Morgan fingerprint density at radius 1 is 0.322 bits per heavy atom. The van der Waals surface area contributed by atoms with Crippen LogP contribution in [-0.4, -0.2) is 0 Å². The van der Waals surface area contributed by atoms with Gasteiger partial charge in [-0.25, -0.2) is 0 Å². The van der Waals surface area contributed by atoms with Gasteiger partial charge in [-0.2, -0.15) is 0 Å². The van der Waals surface area contributed by atoms with Gasteiger partial charge in [-0.05, 0) is 110 Å². The first-order valence-corrected chi connectivity index (χ1v) is 20.9. The maximum atomic E-state index is 6.50. The molecule has 12 aromatic rings. The summed E-state index contributed by atoms with van der Waals surface area (Å²) in [6.45, 7) is 0. The maximum absolute atomic E-state index is 6.50. The van der Waals surface area contributed by atoms with Crippen LogP contribution < -0.4 is 4.90 Å². The smallest absolute Gasteiger partial charge is 0.143 e. The van der Waals surface area contributed by atoms with Crippen LogP contribution in [-0.2, 0) is 0 Å². The van der Waals surface area contributed by atoms with Crippen molar-refractivity contribution in [3.63, 3.8) is 0 Å². The second-order valence-electron chi connectivity index (χ2n) is 15.3. The highest BCUT2D eigenvalue weighted by molar-refractivity contribution is 7.25. The highest BCUT2D eigenvalue weighted by Gasteiger charge is 2.17. The normalized spacial score (nSPS) is 11.7. The number of para-hydroxylation sites is 1. The van der Waals surface area contributed by atoms with Crippen molar-refractivity contribution in [3.05, 3.63) is 212 Å². The number of hydrogen-bond donors (Lipinski definition) is 0. The fourth-order valence-electron chi connectivity index (χ4n) is 8.91. The third-order valence-corrected chi connectivity index (χ3v) is 13.0. The topological polar surface area (TPSA) is 16.4 Å². The van der Waals surface area contributed by atoms with E-state index in [9.17, 15) is 0 Å². The molecule has 0 unspecified atom stereocenters. The highest BCUT2D eigenvalue weighted by atomic mass is 32.1. The minimum Gasteiger partial charge on any atom is -0.455 e. The molecule has 0 spiro atoms. The van der Waals surface area contributed by atoms with Crippen LogP contribution in [0.2, 0.25) is 0 Å². The molecular weight excluding hydrogens is 735 g/mol. The number of thiophene rings is 1. The van der Waals surface area contributed by atoms with Crippen molar-refractivity contribution in [2.75, 3.05) is 4.90 Å². The van der Waals surface area contributed by atoms with Gasteiger partial charge in [0.25, 0.3) is 0 Å². The molecule has 0 aliphatic heterocycles. The van der Waals surface area contributed by atoms with E-state index in [1.54, 1.807) is 0 Å². The summed E-state index contributed by atoms with van der Waals surface area (Å²) in [6.07, 6.45) is 0. The summed E-state index contributed by atoms with van der Waals surface area (Å²) in [5.41, 5.74) is 12.1. The van der Waals surface area contributed by atoms with Crippen molar-refractivity contribution in [1.29, 1.82) is 0 Å². The van der Waals surface area contributed by atoms with Crippen LogP contribution in [0.25, 0.3) is 97.0 Å². The Balaban J connectivity index is 0.943. The van der Waals surface area contributed by atoms with Crippen LogP contribution >= 0.6 is 11.3 Å². The Morgan fingerprint density at radius 3 is 1.71 bits per heavy atom. The lowest BCUT2D eigenvalue weighted by Gasteiger charge is -2.26. The van der Waals surface area contributed by atoms with Crippen LogP contribution in [0, 0.1) is 0 Å². The summed E-state index contributed by atoms with van der Waals surface area (Å²) >= 11 is 1.86. The number of rotatable bonds is 6. The van der Waals surface area contributed by atoms with Crippen molar-refractivity contribution in [2.24, 2.45) is 0 Å². The molecule has 0 radical (unpaired) electrons. The first-order chi connectivity index (χ1) is 29.2. The molecule has 3 heteroatoms. The summed E-state index contributed by atoms with van der Waals surface area (Å²) in [4.78, 5) is 2.38. The van der Waals surface area contributed by atoms with E-state index in [0.717, 1.165) is 61.3 Å². The van der Waals surface area contributed by atoms with Crippen LogP contribution in [0.15, 0.2) is 217 Å². The molecule has 0 N–H and O–H groups in total.